The van der Waals surface area contributed by atoms with E-state index in [0.717, 1.165) is 21.8 Å². The number of thiazole rings is 1. The smallest absolute Gasteiger partial charge is 0.250 e. The number of aromatic nitrogens is 1. The number of benzene rings is 3. The Morgan fingerprint density at radius 2 is 1.62 bits per heavy atom. The molecule has 0 saturated carbocycles. The Bertz CT molecular complexity index is 1320. The average Bonchev–Trinajstić information content (AvgIpc) is 3.41. The van der Waals surface area contributed by atoms with Crippen LogP contribution in [0.1, 0.15) is 30.8 Å². The van der Waals surface area contributed by atoms with Crippen molar-refractivity contribution in [1.29, 1.82) is 0 Å². The Labute approximate surface area is 221 Å². The molecule has 4 aromatic rings. The van der Waals surface area contributed by atoms with Crippen molar-refractivity contribution in [1.82, 2.24) is 9.88 Å². The lowest BCUT2D eigenvalue weighted by Gasteiger charge is -2.39. The van der Waals surface area contributed by atoms with Crippen LogP contribution in [-0.4, -0.2) is 34.3 Å². The molecule has 1 N–H and O–H groups in total. The van der Waals surface area contributed by atoms with Crippen LogP contribution in [0, 0.1) is 0 Å². The Morgan fingerprint density at radius 1 is 0.973 bits per heavy atom. The van der Waals surface area contributed by atoms with E-state index in [1.165, 1.54) is 11.3 Å². The molecule has 0 fully saturated rings. The molecule has 0 bridgehead atoms. The second-order valence-corrected chi connectivity index (χ2v) is 9.89. The molecular formula is C30H31N3O3S. The van der Waals surface area contributed by atoms with Gasteiger partial charge in [0, 0.05) is 16.6 Å². The van der Waals surface area contributed by atoms with E-state index in [4.69, 9.17) is 9.72 Å². The minimum Gasteiger partial charge on any atom is -0.497 e. The number of hydrogen-bond acceptors (Lipinski definition) is 5. The predicted octanol–water partition coefficient (Wildman–Crippen LogP) is 6.20. The first-order valence-electron chi connectivity index (χ1n) is 12.2. The highest BCUT2D eigenvalue weighted by molar-refractivity contribution is 7.09. The first-order valence-corrected chi connectivity index (χ1v) is 13.1. The minimum atomic E-state index is -1.09. The summed E-state index contributed by atoms with van der Waals surface area (Å²) < 4.78 is 5.22. The summed E-state index contributed by atoms with van der Waals surface area (Å²) in [6, 6.07) is 26.7. The fourth-order valence-electron chi connectivity index (χ4n) is 4.08. The van der Waals surface area contributed by atoms with Gasteiger partial charge in [0.05, 0.1) is 25.8 Å². The largest absolute Gasteiger partial charge is 0.497 e. The predicted molar refractivity (Wildman–Crippen MR) is 149 cm³/mol. The Balaban J connectivity index is 1.63. The highest BCUT2D eigenvalue weighted by Gasteiger charge is 2.41. The molecule has 1 heterocycles. The molecule has 2 amide bonds. The molecule has 0 aliphatic heterocycles. The van der Waals surface area contributed by atoms with Crippen LogP contribution in [0.4, 0.5) is 5.69 Å². The van der Waals surface area contributed by atoms with Gasteiger partial charge < -0.3 is 15.0 Å². The molecule has 1 atom stereocenters. The maximum Gasteiger partial charge on any atom is 0.250 e. The van der Waals surface area contributed by atoms with E-state index in [0.29, 0.717) is 17.9 Å². The second kappa shape index (κ2) is 11.8. The van der Waals surface area contributed by atoms with Crippen LogP contribution in [-0.2, 0) is 22.6 Å². The minimum absolute atomic E-state index is 0.128. The van der Waals surface area contributed by atoms with Gasteiger partial charge >= 0.3 is 0 Å². The molecule has 0 aliphatic rings. The highest BCUT2D eigenvalue weighted by Crippen LogP contribution is 2.29. The molecular weight excluding hydrogens is 482 g/mol. The summed E-state index contributed by atoms with van der Waals surface area (Å²) in [5.74, 6) is 0.326. The summed E-state index contributed by atoms with van der Waals surface area (Å²) in [4.78, 5) is 33.9. The maximum absolute atomic E-state index is 13.7. The lowest BCUT2D eigenvalue weighted by atomic mass is 9.93. The van der Waals surface area contributed by atoms with E-state index < -0.39 is 5.54 Å². The Morgan fingerprint density at radius 3 is 2.24 bits per heavy atom. The molecule has 0 radical (unpaired) electrons. The van der Waals surface area contributed by atoms with E-state index in [2.05, 4.69) is 5.32 Å². The van der Waals surface area contributed by atoms with Gasteiger partial charge in [0.15, 0.2) is 0 Å². The summed E-state index contributed by atoms with van der Waals surface area (Å²) in [6.45, 7) is 3.98. The molecule has 6 nitrogen and oxygen atoms in total. The summed E-state index contributed by atoms with van der Waals surface area (Å²) in [7, 11) is 1.60. The van der Waals surface area contributed by atoms with Gasteiger partial charge in [-0.15, -0.1) is 11.3 Å². The summed E-state index contributed by atoms with van der Waals surface area (Å²) in [5.41, 5.74) is 2.32. The van der Waals surface area contributed by atoms with Crippen LogP contribution in [0.15, 0.2) is 90.3 Å². The van der Waals surface area contributed by atoms with Crippen molar-refractivity contribution in [2.75, 3.05) is 12.4 Å². The van der Waals surface area contributed by atoms with E-state index in [1.807, 2.05) is 79.9 Å². The zero-order valence-corrected chi connectivity index (χ0v) is 22.1. The van der Waals surface area contributed by atoms with Crippen LogP contribution in [0.2, 0.25) is 0 Å². The van der Waals surface area contributed by atoms with E-state index in [-0.39, 0.29) is 24.8 Å². The maximum atomic E-state index is 13.7. The van der Waals surface area contributed by atoms with E-state index >= 15 is 0 Å². The third kappa shape index (κ3) is 6.24. The SMILES string of the molecule is CCC(C)(C(=O)Nc1ccc(OC)cc1)N(Cc1nc(-c2ccccc2)cs1)C(=O)Cc1ccccc1. The van der Waals surface area contributed by atoms with E-state index in [9.17, 15) is 9.59 Å². The third-order valence-corrected chi connectivity index (χ3v) is 7.37. The number of hydrogen-bond donors (Lipinski definition) is 1. The quantitative estimate of drug-likeness (QED) is 0.274. The molecule has 3 aromatic carbocycles. The average molecular weight is 514 g/mol. The molecule has 190 valence electrons. The number of carbonyl (C=O) groups excluding carboxylic acids is 2. The van der Waals surface area contributed by atoms with Crippen molar-refractivity contribution in [2.24, 2.45) is 0 Å². The van der Waals surface area contributed by atoms with Crippen LogP contribution in [0.5, 0.6) is 5.75 Å². The number of rotatable bonds is 10. The first-order chi connectivity index (χ1) is 17.9. The van der Waals surface area contributed by atoms with Crippen LogP contribution in [0.3, 0.4) is 0 Å². The summed E-state index contributed by atoms with van der Waals surface area (Å²) in [5, 5.41) is 5.76. The third-order valence-electron chi connectivity index (χ3n) is 6.54. The fourth-order valence-corrected chi connectivity index (χ4v) is 4.87. The molecule has 0 spiro atoms. The van der Waals surface area contributed by atoms with Gasteiger partial charge in [-0.25, -0.2) is 4.98 Å². The number of nitrogens with one attached hydrogen (secondary N) is 1. The molecule has 0 saturated heterocycles. The second-order valence-electron chi connectivity index (χ2n) is 8.94. The van der Waals surface area contributed by atoms with Gasteiger partial charge in [0.2, 0.25) is 11.8 Å². The molecule has 7 heteroatoms. The number of carbonyl (C=O) groups is 2. The highest BCUT2D eigenvalue weighted by atomic mass is 32.1. The molecule has 1 unspecified atom stereocenters. The van der Waals surface area contributed by atoms with Crippen molar-refractivity contribution < 1.29 is 14.3 Å². The lowest BCUT2D eigenvalue weighted by molar-refractivity contribution is -0.145. The number of amides is 2. The monoisotopic (exact) mass is 513 g/mol. The van der Waals surface area contributed by atoms with Gasteiger partial charge in [-0.3, -0.25) is 9.59 Å². The van der Waals surface area contributed by atoms with Crippen molar-refractivity contribution in [3.05, 3.63) is 101 Å². The van der Waals surface area contributed by atoms with Gasteiger partial charge in [-0.1, -0.05) is 67.6 Å². The molecule has 37 heavy (non-hydrogen) atoms. The van der Waals surface area contributed by atoms with Crippen LogP contribution >= 0.6 is 11.3 Å². The standard InChI is InChI=1S/C30H31N3O3S/c1-4-30(2,29(35)31-24-15-17-25(36-3)18-16-24)33(28(34)19-22-11-7-5-8-12-22)20-27-32-26(21-37-27)23-13-9-6-10-14-23/h5-18,21H,4,19-20H2,1-3H3,(H,31,35). The zero-order valence-electron chi connectivity index (χ0n) is 21.3. The summed E-state index contributed by atoms with van der Waals surface area (Å²) in [6.07, 6.45) is 0.635. The zero-order chi connectivity index (χ0) is 26.3. The first kappa shape index (κ1) is 26.1. The normalized spacial score (nSPS) is 12.4. The van der Waals surface area contributed by atoms with Crippen molar-refractivity contribution in [3.63, 3.8) is 0 Å². The molecule has 0 aliphatic carbocycles. The lowest BCUT2D eigenvalue weighted by Crippen LogP contribution is -2.56. The fraction of sp³-hybridized carbons (Fsp3) is 0.233. The summed E-state index contributed by atoms with van der Waals surface area (Å²) >= 11 is 1.49. The van der Waals surface area contributed by atoms with Crippen molar-refractivity contribution >= 4 is 28.8 Å². The topological polar surface area (TPSA) is 71.5 Å². The van der Waals surface area contributed by atoms with Gasteiger partial charge in [0.25, 0.3) is 0 Å². The van der Waals surface area contributed by atoms with Crippen LogP contribution < -0.4 is 10.1 Å². The number of anilines is 1. The molecule has 1 aromatic heterocycles. The van der Waals surface area contributed by atoms with Gasteiger partial charge in [0.1, 0.15) is 16.3 Å². The van der Waals surface area contributed by atoms with Gasteiger partial charge in [-0.2, -0.15) is 0 Å². The Hall–Kier alpha value is -3.97. The molecule has 4 rings (SSSR count). The Kier molecular flexibility index (Phi) is 8.36. The number of nitrogens with zero attached hydrogens (tertiary/aromatic N) is 2. The van der Waals surface area contributed by atoms with E-state index in [1.54, 1.807) is 36.3 Å². The van der Waals surface area contributed by atoms with Gasteiger partial charge in [-0.05, 0) is 43.2 Å². The number of methoxy groups -OCH3 is 1. The van der Waals surface area contributed by atoms with Crippen molar-refractivity contribution in [3.8, 4) is 17.0 Å². The number of ether oxygens (including phenoxy) is 1. The van der Waals surface area contributed by atoms with Crippen molar-refractivity contribution in [2.45, 2.75) is 38.8 Å². The van der Waals surface area contributed by atoms with Crippen LogP contribution in [0.25, 0.3) is 11.3 Å².